The molecule has 1 N–H and O–H groups in total. The Morgan fingerprint density at radius 3 is 2.34 bits per heavy atom. The summed E-state index contributed by atoms with van der Waals surface area (Å²) in [5.41, 5.74) is 1.71. The number of alkyl halides is 3. The third-order valence-electron chi connectivity index (χ3n) is 6.29. The zero-order chi connectivity index (χ0) is 28.4. The molecule has 2 aromatic carbocycles. The van der Waals surface area contributed by atoms with Gasteiger partial charge in [-0.1, -0.05) is 20.8 Å². The normalized spacial score (nSPS) is 14.4. The Bertz CT molecular complexity index is 1330. The topological polar surface area (TPSA) is 55.7 Å². The molecule has 0 aliphatic heterocycles. The zero-order valence-corrected chi connectivity index (χ0v) is 23.0. The van der Waals surface area contributed by atoms with Crippen LogP contribution in [-0.2, 0) is 6.18 Å². The van der Waals surface area contributed by atoms with Gasteiger partial charge in [-0.05, 0) is 63.4 Å². The summed E-state index contributed by atoms with van der Waals surface area (Å²) in [4.78, 5) is 9.37. The highest BCUT2D eigenvalue weighted by atomic mass is 19.4. The predicted molar refractivity (Wildman–Crippen MR) is 144 cm³/mol. The largest absolute Gasteiger partial charge is 0.496 e. The number of nitrogens with one attached hydrogen (secondary N) is 1. The van der Waals surface area contributed by atoms with Crippen LogP contribution in [0.4, 0.5) is 23.2 Å². The van der Waals surface area contributed by atoms with E-state index in [1.54, 1.807) is 7.11 Å². The van der Waals surface area contributed by atoms with E-state index in [0.717, 1.165) is 40.0 Å². The molecule has 3 aromatic rings. The van der Waals surface area contributed by atoms with E-state index in [9.17, 15) is 17.6 Å². The van der Waals surface area contributed by atoms with Crippen molar-refractivity contribution in [2.45, 2.75) is 66.8 Å². The van der Waals surface area contributed by atoms with E-state index < -0.39 is 23.6 Å². The Morgan fingerprint density at radius 2 is 1.74 bits per heavy atom. The maximum atomic E-state index is 13.8. The number of pyridine rings is 1. The Hall–Kier alpha value is -3.36. The van der Waals surface area contributed by atoms with Crippen LogP contribution >= 0.6 is 0 Å². The van der Waals surface area contributed by atoms with Crippen molar-refractivity contribution >= 4 is 22.3 Å². The van der Waals surface area contributed by atoms with Crippen molar-refractivity contribution in [3.05, 3.63) is 59.0 Å². The van der Waals surface area contributed by atoms with Crippen LogP contribution in [0, 0.1) is 25.1 Å². The van der Waals surface area contributed by atoms with E-state index in [1.165, 1.54) is 6.07 Å². The molecule has 0 radical (unpaired) electrons. The summed E-state index contributed by atoms with van der Waals surface area (Å²) in [5, 5.41) is 3.99. The Balaban J connectivity index is 1.82. The highest BCUT2D eigenvalue weighted by Crippen LogP contribution is 2.35. The highest BCUT2D eigenvalue weighted by molar-refractivity contribution is 5.91. The maximum absolute atomic E-state index is 13.8. The summed E-state index contributed by atoms with van der Waals surface area (Å²) < 4.78 is 65.1. The van der Waals surface area contributed by atoms with Crippen molar-refractivity contribution in [2.24, 2.45) is 10.4 Å². The Morgan fingerprint density at radius 1 is 1.05 bits per heavy atom. The van der Waals surface area contributed by atoms with Gasteiger partial charge in [0, 0.05) is 34.1 Å². The summed E-state index contributed by atoms with van der Waals surface area (Å²) in [6.45, 7) is 13.8. The third-order valence-corrected chi connectivity index (χ3v) is 6.29. The quantitative estimate of drug-likeness (QED) is 0.237. The lowest BCUT2D eigenvalue weighted by Gasteiger charge is -2.33. The number of halogens is 4. The van der Waals surface area contributed by atoms with Gasteiger partial charge in [-0.3, -0.25) is 9.98 Å². The number of aromatic nitrogens is 1. The van der Waals surface area contributed by atoms with Crippen molar-refractivity contribution in [3.8, 4) is 11.5 Å². The number of hydrogen-bond donors (Lipinski definition) is 1. The van der Waals surface area contributed by atoms with E-state index in [4.69, 9.17) is 14.5 Å². The molecule has 5 nitrogen and oxygen atoms in total. The lowest BCUT2D eigenvalue weighted by atomic mass is 9.84. The van der Waals surface area contributed by atoms with E-state index in [2.05, 4.69) is 10.3 Å². The summed E-state index contributed by atoms with van der Waals surface area (Å²) >= 11 is 0. The summed E-state index contributed by atoms with van der Waals surface area (Å²) in [5.74, 6) is 0.133. The van der Waals surface area contributed by atoms with Crippen LogP contribution < -0.4 is 14.8 Å². The molecule has 9 heteroatoms. The van der Waals surface area contributed by atoms with Crippen molar-refractivity contribution in [3.63, 3.8) is 0 Å². The van der Waals surface area contributed by atoms with Gasteiger partial charge in [-0.15, -0.1) is 0 Å². The van der Waals surface area contributed by atoms with Gasteiger partial charge in [0.15, 0.2) is 0 Å². The van der Waals surface area contributed by atoms with Crippen molar-refractivity contribution < 1.29 is 27.0 Å². The van der Waals surface area contributed by atoms with Gasteiger partial charge in [0.1, 0.15) is 23.4 Å². The first-order chi connectivity index (χ1) is 17.6. The number of hydrogen-bond acceptors (Lipinski definition) is 5. The van der Waals surface area contributed by atoms with Gasteiger partial charge in [0.05, 0.1) is 30.8 Å². The second kappa shape index (κ2) is 11.2. The number of ether oxygens (including phenoxy) is 2. The molecule has 2 unspecified atom stereocenters. The zero-order valence-electron chi connectivity index (χ0n) is 23.0. The minimum absolute atomic E-state index is 0.169. The van der Waals surface area contributed by atoms with Crippen molar-refractivity contribution in [1.29, 1.82) is 0 Å². The van der Waals surface area contributed by atoms with Crippen LogP contribution in [0.25, 0.3) is 10.9 Å². The summed E-state index contributed by atoms with van der Waals surface area (Å²) in [6.07, 6.45) is -5.07. The molecule has 0 aliphatic rings. The molecule has 206 valence electrons. The smallest absolute Gasteiger partial charge is 0.419 e. The van der Waals surface area contributed by atoms with Crippen LogP contribution in [-0.4, -0.2) is 36.5 Å². The number of anilines is 1. The number of nitrogens with zero attached hydrogens (tertiary/aromatic N) is 2. The second-order valence-electron chi connectivity index (χ2n) is 10.6. The third kappa shape index (κ3) is 6.74. The first-order valence-corrected chi connectivity index (χ1v) is 12.4. The highest BCUT2D eigenvalue weighted by Gasteiger charge is 2.35. The van der Waals surface area contributed by atoms with Crippen molar-refractivity contribution in [1.82, 2.24) is 4.98 Å². The molecule has 0 amide bonds. The molecule has 0 spiro atoms. The average molecular weight is 534 g/mol. The van der Waals surface area contributed by atoms with Crippen LogP contribution in [0.2, 0.25) is 0 Å². The molecular formula is C29H35F4N3O2. The first kappa shape index (κ1) is 29.2. The first-order valence-electron chi connectivity index (χ1n) is 12.4. The minimum Gasteiger partial charge on any atom is -0.496 e. The molecule has 3 rings (SSSR count). The molecule has 2 atom stereocenters. The monoisotopic (exact) mass is 533 g/mol. The number of benzene rings is 2. The van der Waals surface area contributed by atoms with Gasteiger partial charge >= 0.3 is 6.18 Å². The predicted octanol–water partition coefficient (Wildman–Crippen LogP) is 7.77. The standard InChI is InChI=1S/C29H35F4N3O2/c1-16-13-25(21-10-12-24(37-8)18(3)26(21)35-16)38-17(2)15-34-19(4)27(28(5,6)7)36-20-9-11-23(30)22(14-20)29(31,32)33/h9-14,17,27,36H,15H2,1-8H3. The SMILES string of the molecule is COc1ccc2c(OC(C)CN=C(C)C(Nc3ccc(F)c(C(F)(F)F)c3)C(C)(C)C)cc(C)nc2c1C. The lowest BCUT2D eigenvalue weighted by Crippen LogP contribution is -2.40. The maximum Gasteiger partial charge on any atom is 0.419 e. The van der Waals surface area contributed by atoms with Crippen LogP contribution in [0.3, 0.4) is 0 Å². The molecule has 0 saturated carbocycles. The van der Waals surface area contributed by atoms with Crippen LogP contribution in [0.1, 0.15) is 51.4 Å². The summed E-state index contributed by atoms with van der Waals surface area (Å²) in [6, 6.07) is 8.20. The molecule has 0 fully saturated rings. The molecular weight excluding hydrogens is 498 g/mol. The lowest BCUT2D eigenvalue weighted by molar-refractivity contribution is -0.139. The van der Waals surface area contributed by atoms with Gasteiger partial charge in [-0.2, -0.15) is 13.2 Å². The van der Waals surface area contributed by atoms with Gasteiger partial charge in [-0.25, -0.2) is 4.39 Å². The second-order valence-corrected chi connectivity index (χ2v) is 10.6. The fraction of sp³-hybridized carbons (Fsp3) is 0.448. The molecule has 0 bridgehead atoms. The number of aliphatic imine (C=N–C) groups is 1. The fourth-order valence-electron chi connectivity index (χ4n) is 4.38. The van der Waals surface area contributed by atoms with Crippen LogP contribution in [0.15, 0.2) is 41.4 Å². The molecule has 0 aliphatic carbocycles. The van der Waals surface area contributed by atoms with E-state index in [0.29, 0.717) is 18.0 Å². The van der Waals surface area contributed by atoms with E-state index in [1.807, 2.05) is 66.7 Å². The molecule has 38 heavy (non-hydrogen) atoms. The number of rotatable bonds is 8. The number of fused-ring (bicyclic) bond motifs is 1. The fourth-order valence-corrected chi connectivity index (χ4v) is 4.38. The molecule has 1 aromatic heterocycles. The summed E-state index contributed by atoms with van der Waals surface area (Å²) in [7, 11) is 1.62. The number of methoxy groups -OCH3 is 1. The van der Waals surface area contributed by atoms with Gasteiger partial charge in [0.2, 0.25) is 0 Å². The molecule has 0 saturated heterocycles. The van der Waals surface area contributed by atoms with Crippen LogP contribution in [0.5, 0.6) is 11.5 Å². The Labute approximate surface area is 221 Å². The van der Waals surface area contributed by atoms with Gasteiger partial charge in [0.25, 0.3) is 0 Å². The van der Waals surface area contributed by atoms with E-state index >= 15 is 0 Å². The average Bonchev–Trinajstić information content (AvgIpc) is 2.81. The number of aryl methyl sites for hydroxylation is 2. The Kier molecular flexibility index (Phi) is 8.58. The molecule has 1 heterocycles. The minimum atomic E-state index is -4.78. The van der Waals surface area contributed by atoms with Gasteiger partial charge < -0.3 is 14.8 Å². The van der Waals surface area contributed by atoms with Crippen molar-refractivity contribution in [2.75, 3.05) is 19.0 Å². The van der Waals surface area contributed by atoms with E-state index in [-0.39, 0.29) is 17.2 Å².